The lowest BCUT2D eigenvalue weighted by Gasteiger charge is -2.30. The molecule has 80 valence electrons. The number of terminal acetylenes is 1. The maximum Gasteiger partial charge on any atom is 0.130 e. The molecule has 15 heavy (non-hydrogen) atoms. The van der Waals surface area contributed by atoms with Crippen molar-refractivity contribution < 1.29 is 0 Å². The topological polar surface area (TPSA) is 41.0 Å². The van der Waals surface area contributed by atoms with Crippen LogP contribution in [-0.4, -0.2) is 40.2 Å². The molecule has 0 unspecified atom stereocenters. The van der Waals surface area contributed by atoms with Crippen molar-refractivity contribution in [2.75, 3.05) is 25.0 Å². The van der Waals surface area contributed by atoms with E-state index in [1.54, 1.807) is 6.20 Å². The second-order valence-electron chi connectivity index (χ2n) is 3.68. The number of nitrogens with one attached hydrogen (secondary N) is 1. The Bertz CT molecular complexity index is 322. The van der Waals surface area contributed by atoms with Crippen molar-refractivity contribution in [1.82, 2.24) is 14.5 Å². The quantitative estimate of drug-likeness (QED) is 0.776. The van der Waals surface area contributed by atoms with Crippen LogP contribution in [0.25, 0.3) is 0 Å². The fourth-order valence-electron chi connectivity index (χ4n) is 1.80. The van der Waals surface area contributed by atoms with Gasteiger partial charge in [-0.1, -0.05) is 10.4 Å². The van der Waals surface area contributed by atoms with Crippen LogP contribution in [0, 0.1) is 12.3 Å². The number of anilines is 1. The number of nitrogens with zero attached hydrogens (tertiary/aromatic N) is 3. The van der Waals surface area contributed by atoms with Crippen LogP contribution in [0.3, 0.4) is 0 Å². The van der Waals surface area contributed by atoms with E-state index in [4.69, 9.17) is 6.42 Å². The summed E-state index contributed by atoms with van der Waals surface area (Å²) in [6.07, 6.45) is 9.33. The fraction of sp³-hybridized carbons (Fsp3) is 0.600. The lowest BCUT2D eigenvalue weighted by Crippen LogP contribution is -2.39. The standard InChI is InChI=1S/C10H14N4S/c1-2-5-14-6-3-9(4-7-14)12-10-8-11-13-15-10/h1,8-9,12H,3-7H2. The van der Waals surface area contributed by atoms with Gasteiger partial charge in [-0.3, -0.25) is 4.90 Å². The van der Waals surface area contributed by atoms with Gasteiger partial charge in [-0.05, 0) is 12.8 Å². The molecule has 1 N–H and O–H groups in total. The molecule has 1 fully saturated rings. The highest BCUT2D eigenvalue weighted by Crippen LogP contribution is 2.17. The minimum Gasteiger partial charge on any atom is -0.372 e. The first-order valence-corrected chi connectivity index (χ1v) is 5.85. The summed E-state index contributed by atoms with van der Waals surface area (Å²) in [6, 6.07) is 0.543. The highest BCUT2D eigenvalue weighted by Gasteiger charge is 2.18. The molecule has 1 aromatic heterocycles. The van der Waals surface area contributed by atoms with E-state index in [-0.39, 0.29) is 0 Å². The summed E-state index contributed by atoms with van der Waals surface area (Å²) in [5, 5.41) is 8.30. The Morgan fingerprint density at radius 1 is 1.60 bits per heavy atom. The van der Waals surface area contributed by atoms with Gasteiger partial charge >= 0.3 is 0 Å². The lowest BCUT2D eigenvalue weighted by atomic mass is 10.1. The van der Waals surface area contributed by atoms with Gasteiger partial charge in [0.1, 0.15) is 5.00 Å². The number of hydrogen-bond acceptors (Lipinski definition) is 5. The molecule has 5 heteroatoms. The van der Waals surface area contributed by atoms with Crippen LogP contribution in [0.2, 0.25) is 0 Å². The van der Waals surface area contributed by atoms with Gasteiger partial charge in [0.15, 0.2) is 0 Å². The Hall–Kier alpha value is -1.12. The summed E-state index contributed by atoms with van der Waals surface area (Å²) in [6.45, 7) is 2.93. The molecule has 0 spiro atoms. The SMILES string of the molecule is C#CCN1CCC(Nc2cnns2)CC1. The zero-order valence-electron chi connectivity index (χ0n) is 8.52. The predicted octanol–water partition coefficient (Wildman–Crippen LogP) is 1.05. The summed E-state index contributed by atoms with van der Waals surface area (Å²) < 4.78 is 3.82. The van der Waals surface area contributed by atoms with Crippen LogP contribution in [-0.2, 0) is 0 Å². The normalized spacial score (nSPS) is 18.6. The van der Waals surface area contributed by atoms with E-state index in [0.717, 1.165) is 37.5 Å². The van der Waals surface area contributed by atoms with E-state index < -0.39 is 0 Å². The van der Waals surface area contributed by atoms with Gasteiger partial charge in [-0.2, -0.15) is 0 Å². The number of hydrogen-bond donors (Lipinski definition) is 1. The van der Waals surface area contributed by atoms with E-state index in [0.29, 0.717) is 6.04 Å². The van der Waals surface area contributed by atoms with Gasteiger partial charge in [0, 0.05) is 30.7 Å². The van der Waals surface area contributed by atoms with E-state index in [1.807, 2.05) is 0 Å². The molecule has 0 aliphatic carbocycles. The first kappa shape index (κ1) is 10.4. The maximum absolute atomic E-state index is 5.28. The fourth-order valence-corrected chi connectivity index (χ4v) is 2.29. The summed E-state index contributed by atoms with van der Waals surface area (Å²) in [5.74, 6) is 2.69. The summed E-state index contributed by atoms with van der Waals surface area (Å²) >= 11 is 1.41. The van der Waals surface area contributed by atoms with Gasteiger partial charge in [-0.15, -0.1) is 11.5 Å². The number of piperidine rings is 1. The molecule has 1 saturated heterocycles. The van der Waals surface area contributed by atoms with Crippen LogP contribution >= 0.6 is 11.5 Å². The van der Waals surface area contributed by atoms with Gasteiger partial charge in [0.25, 0.3) is 0 Å². The van der Waals surface area contributed by atoms with E-state index in [9.17, 15) is 0 Å². The zero-order valence-corrected chi connectivity index (χ0v) is 9.33. The first-order chi connectivity index (χ1) is 7.38. The predicted molar refractivity (Wildman–Crippen MR) is 61.8 cm³/mol. The van der Waals surface area contributed by atoms with Crippen molar-refractivity contribution in [3.8, 4) is 12.3 Å². The maximum atomic E-state index is 5.28. The Kier molecular flexibility index (Phi) is 3.54. The van der Waals surface area contributed by atoms with Crippen molar-refractivity contribution in [3.63, 3.8) is 0 Å². The minimum atomic E-state index is 0.543. The first-order valence-electron chi connectivity index (χ1n) is 5.08. The third-order valence-corrected chi connectivity index (χ3v) is 3.21. The summed E-state index contributed by atoms with van der Waals surface area (Å²) in [4.78, 5) is 2.31. The number of rotatable bonds is 3. The Morgan fingerprint density at radius 3 is 3.00 bits per heavy atom. The smallest absolute Gasteiger partial charge is 0.130 e. The molecule has 1 aliphatic heterocycles. The summed E-state index contributed by atoms with van der Waals surface area (Å²) in [5.41, 5.74) is 0. The van der Waals surface area contributed by atoms with E-state index >= 15 is 0 Å². The second kappa shape index (κ2) is 5.10. The second-order valence-corrected chi connectivity index (χ2v) is 4.47. The third-order valence-electron chi connectivity index (χ3n) is 2.61. The molecule has 1 aromatic rings. The Balaban J connectivity index is 1.77. The molecule has 0 radical (unpaired) electrons. The number of likely N-dealkylation sites (tertiary alicyclic amines) is 1. The highest BCUT2D eigenvalue weighted by atomic mass is 32.1. The molecule has 0 amide bonds. The molecule has 4 nitrogen and oxygen atoms in total. The van der Waals surface area contributed by atoms with Crippen LogP contribution < -0.4 is 5.32 Å². The molecular weight excluding hydrogens is 208 g/mol. The largest absolute Gasteiger partial charge is 0.372 e. The Morgan fingerprint density at radius 2 is 2.40 bits per heavy atom. The van der Waals surface area contributed by atoms with Crippen LogP contribution in [0.15, 0.2) is 6.20 Å². The lowest BCUT2D eigenvalue weighted by molar-refractivity contribution is 0.243. The molecule has 0 bridgehead atoms. The van der Waals surface area contributed by atoms with Crippen molar-refractivity contribution in [3.05, 3.63) is 6.20 Å². The van der Waals surface area contributed by atoms with Crippen LogP contribution in [0.4, 0.5) is 5.00 Å². The average Bonchev–Trinajstić information content (AvgIpc) is 2.74. The average molecular weight is 222 g/mol. The van der Waals surface area contributed by atoms with Gasteiger partial charge in [0.05, 0.1) is 12.7 Å². The van der Waals surface area contributed by atoms with Crippen molar-refractivity contribution in [2.24, 2.45) is 0 Å². The number of aromatic nitrogens is 2. The van der Waals surface area contributed by atoms with Crippen molar-refractivity contribution in [2.45, 2.75) is 18.9 Å². The van der Waals surface area contributed by atoms with E-state index in [1.165, 1.54) is 11.5 Å². The molecule has 1 aliphatic rings. The molecule has 2 rings (SSSR count). The van der Waals surface area contributed by atoms with Crippen LogP contribution in [0.1, 0.15) is 12.8 Å². The van der Waals surface area contributed by atoms with Gasteiger partial charge in [-0.25, -0.2) is 0 Å². The molecular formula is C10H14N4S. The zero-order chi connectivity index (χ0) is 10.5. The van der Waals surface area contributed by atoms with Crippen molar-refractivity contribution >= 4 is 16.5 Å². The molecule has 0 aromatic carbocycles. The monoisotopic (exact) mass is 222 g/mol. The molecule has 2 heterocycles. The van der Waals surface area contributed by atoms with E-state index in [2.05, 4.69) is 25.7 Å². The van der Waals surface area contributed by atoms with Crippen molar-refractivity contribution in [1.29, 1.82) is 0 Å². The highest BCUT2D eigenvalue weighted by molar-refractivity contribution is 7.09. The minimum absolute atomic E-state index is 0.543. The Labute approximate surface area is 93.8 Å². The third kappa shape index (κ3) is 2.91. The van der Waals surface area contributed by atoms with Gasteiger partial charge in [0.2, 0.25) is 0 Å². The van der Waals surface area contributed by atoms with Gasteiger partial charge < -0.3 is 5.32 Å². The molecule has 0 saturated carbocycles. The summed E-state index contributed by atoms with van der Waals surface area (Å²) in [7, 11) is 0. The molecule has 0 atom stereocenters. The van der Waals surface area contributed by atoms with Crippen LogP contribution in [0.5, 0.6) is 0 Å².